The first-order valence-corrected chi connectivity index (χ1v) is 9.04. The van der Waals surface area contributed by atoms with Gasteiger partial charge in [-0.15, -0.1) is 0 Å². The van der Waals surface area contributed by atoms with Crippen molar-refractivity contribution in [1.82, 2.24) is 9.80 Å². The third-order valence-electron chi connectivity index (χ3n) is 4.73. The Morgan fingerprint density at radius 3 is 2.52 bits per heavy atom. The van der Waals surface area contributed by atoms with Crippen LogP contribution in [0.4, 0.5) is 0 Å². The normalized spacial score (nSPS) is 14.7. The monoisotopic (exact) mass is 368 g/mol. The van der Waals surface area contributed by atoms with Crippen molar-refractivity contribution in [3.05, 3.63) is 54.1 Å². The third-order valence-corrected chi connectivity index (χ3v) is 4.73. The van der Waals surface area contributed by atoms with Crippen LogP contribution in [0.1, 0.15) is 16.8 Å². The lowest BCUT2D eigenvalue weighted by molar-refractivity contribution is -0.135. The molecule has 142 valence electrons. The molecule has 0 spiro atoms. The molecule has 2 aromatic rings. The number of aromatic hydroxyl groups is 1. The first-order chi connectivity index (χ1) is 13.1. The molecule has 0 aromatic heterocycles. The Bertz CT molecular complexity index is 821. The van der Waals surface area contributed by atoms with Crippen molar-refractivity contribution in [2.45, 2.75) is 6.42 Å². The van der Waals surface area contributed by atoms with Crippen molar-refractivity contribution in [1.29, 1.82) is 0 Å². The van der Waals surface area contributed by atoms with E-state index in [0.29, 0.717) is 37.3 Å². The van der Waals surface area contributed by atoms with Gasteiger partial charge in [-0.1, -0.05) is 30.3 Å². The van der Waals surface area contributed by atoms with E-state index >= 15 is 0 Å². The highest BCUT2D eigenvalue weighted by atomic mass is 16.5. The van der Waals surface area contributed by atoms with Crippen molar-refractivity contribution in [2.75, 3.05) is 39.9 Å². The van der Waals surface area contributed by atoms with Crippen LogP contribution in [0.3, 0.4) is 0 Å². The van der Waals surface area contributed by atoms with Crippen molar-refractivity contribution in [3.63, 3.8) is 0 Å². The van der Waals surface area contributed by atoms with Gasteiger partial charge in [-0.05, 0) is 30.2 Å². The molecule has 0 aliphatic carbocycles. The molecule has 1 aliphatic heterocycles. The Morgan fingerprint density at radius 1 is 1.00 bits per heavy atom. The molecule has 6 heteroatoms. The summed E-state index contributed by atoms with van der Waals surface area (Å²) in [5, 5.41) is 10.1. The molecule has 1 N–H and O–H groups in total. The lowest BCUT2D eigenvalue weighted by Crippen LogP contribution is -2.38. The summed E-state index contributed by atoms with van der Waals surface area (Å²) in [7, 11) is 1.50. The second-order valence-electron chi connectivity index (χ2n) is 6.56. The highest BCUT2D eigenvalue weighted by Gasteiger charge is 2.23. The maximum Gasteiger partial charge on any atom is 0.253 e. The van der Waals surface area contributed by atoms with Crippen molar-refractivity contribution in [3.8, 4) is 16.9 Å². The summed E-state index contributed by atoms with van der Waals surface area (Å²) in [6.07, 6.45) is 0.736. The molecule has 0 radical (unpaired) electrons. The maximum absolute atomic E-state index is 13.0. The summed E-state index contributed by atoms with van der Waals surface area (Å²) in [5.74, 6) is 0.0748. The summed E-state index contributed by atoms with van der Waals surface area (Å²) < 4.78 is 4.91. The zero-order chi connectivity index (χ0) is 19.2. The molecule has 6 nitrogen and oxygen atoms in total. The molecular weight excluding hydrogens is 344 g/mol. The average molecular weight is 368 g/mol. The van der Waals surface area contributed by atoms with Crippen molar-refractivity contribution >= 4 is 11.8 Å². The van der Waals surface area contributed by atoms with Gasteiger partial charge in [0.1, 0.15) is 12.4 Å². The topological polar surface area (TPSA) is 70.1 Å². The molecule has 1 aliphatic rings. The number of carbonyl (C=O) groups excluding carboxylic acids is 2. The van der Waals surface area contributed by atoms with Crippen LogP contribution in [0.15, 0.2) is 48.5 Å². The average Bonchev–Trinajstić information content (AvgIpc) is 2.94. The van der Waals surface area contributed by atoms with E-state index in [1.54, 1.807) is 34.1 Å². The van der Waals surface area contributed by atoms with E-state index in [0.717, 1.165) is 12.0 Å². The molecule has 0 saturated carbocycles. The van der Waals surface area contributed by atoms with Crippen LogP contribution in [0.2, 0.25) is 0 Å². The fourth-order valence-electron chi connectivity index (χ4n) is 3.30. The van der Waals surface area contributed by atoms with Crippen LogP contribution in [0.5, 0.6) is 5.75 Å². The first-order valence-electron chi connectivity index (χ1n) is 9.04. The van der Waals surface area contributed by atoms with E-state index in [9.17, 15) is 14.7 Å². The van der Waals surface area contributed by atoms with E-state index in [1.807, 2.05) is 24.3 Å². The number of benzene rings is 2. The fraction of sp³-hybridized carbons (Fsp3) is 0.333. The van der Waals surface area contributed by atoms with Crippen LogP contribution in [-0.2, 0) is 9.53 Å². The smallest absolute Gasteiger partial charge is 0.253 e. The Kier molecular flexibility index (Phi) is 6.08. The number of ether oxygens (including phenoxy) is 1. The number of nitrogens with zero attached hydrogens (tertiary/aromatic N) is 2. The predicted molar refractivity (Wildman–Crippen MR) is 103 cm³/mol. The molecule has 3 rings (SSSR count). The first kappa shape index (κ1) is 18.9. The highest BCUT2D eigenvalue weighted by Crippen LogP contribution is 2.29. The van der Waals surface area contributed by atoms with Gasteiger partial charge in [0, 0.05) is 44.4 Å². The minimum atomic E-state index is -0.0617. The Labute approximate surface area is 159 Å². The van der Waals surface area contributed by atoms with Crippen LogP contribution in [0, 0.1) is 0 Å². The third kappa shape index (κ3) is 4.46. The van der Waals surface area contributed by atoms with Gasteiger partial charge in [-0.3, -0.25) is 9.59 Å². The largest absolute Gasteiger partial charge is 0.507 e. The zero-order valence-corrected chi connectivity index (χ0v) is 15.4. The molecule has 1 saturated heterocycles. The summed E-state index contributed by atoms with van der Waals surface area (Å²) >= 11 is 0. The molecular formula is C21H24N2O4. The second kappa shape index (κ2) is 8.68. The Balaban J connectivity index is 1.74. The van der Waals surface area contributed by atoms with E-state index in [2.05, 4.69) is 0 Å². The van der Waals surface area contributed by atoms with E-state index in [-0.39, 0.29) is 24.2 Å². The second-order valence-corrected chi connectivity index (χ2v) is 6.56. The number of methoxy groups -OCH3 is 1. The number of para-hydroxylation sites is 1. The van der Waals surface area contributed by atoms with Crippen LogP contribution in [0.25, 0.3) is 11.1 Å². The van der Waals surface area contributed by atoms with Gasteiger partial charge < -0.3 is 19.6 Å². The van der Waals surface area contributed by atoms with Gasteiger partial charge in [0.15, 0.2) is 0 Å². The molecule has 0 unspecified atom stereocenters. The molecule has 1 heterocycles. The zero-order valence-electron chi connectivity index (χ0n) is 15.4. The molecule has 27 heavy (non-hydrogen) atoms. The number of carbonyl (C=O) groups is 2. The van der Waals surface area contributed by atoms with Crippen molar-refractivity contribution in [2.24, 2.45) is 0 Å². The quantitative estimate of drug-likeness (QED) is 0.900. The van der Waals surface area contributed by atoms with Crippen LogP contribution >= 0.6 is 0 Å². The van der Waals surface area contributed by atoms with Crippen molar-refractivity contribution < 1.29 is 19.4 Å². The van der Waals surface area contributed by atoms with Gasteiger partial charge in [0.05, 0.1) is 0 Å². The fourth-order valence-corrected chi connectivity index (χ4v) is 3.30. The minimum absolute atomic E-state index is 0.0478. The molecule has 1 fully saturated rings. The maximum atomic E-state index is 13.0. The number of rotatable bonds is 4. The number of hydrogen-bond acceptors (Lipinski definition) is 4. The SMILES string of the molecule is COCC(=O)N1CCCN(C(=O)c2cccc(-c3ccccc3O)c2)CC1. The van der Waals surface area contributed by atoms with Crippen LogP contribution in [-0.4, -0.2) is 66.6 Å². The van der Waals surface area contributed by atoms with Gasteiger partial charge >= 0.3 is 0 Å². The van der Waals surface area contributed by atoms with Gasteiger partial charge in [-0.25, -0.2) is 0 Å². The molecule has 0 bridgehead atoms. The molecule has 2 amide bonds. The lowest BCUT2D eigenvalue weighted by Gasteiger charge is -2.22. The van der Waals surface area contributed by atoms with E-state index < -0.39 is 0 Å². The predicted octanol–water partition coefficient (Wildman–Crippen LogP) is 2.38. The molecule has 2 aromatic carbocycles. The summed E-state index contributed by atoms with van der Waals surface area (Å²) in [4.78, 5) is 28.5. The van der Waals surface area contributed by atoms with Crippen LogP contribution < -0.4 is 0 Å². The number of phenolic OH excluding ortho intramolecular Hbond substituents is 1. The van der Waals surface area contributed by atoms with Gasteiger partial charge in [0.25, 0.3) is 5.91 Å². The summed E-state index contributed by atoms with van der Waals surface area (Å²) in [6.45, 7) is 2.30. The van der Waals surface area contributed by atoms with E-state index in [4.69, 9.17) is 4.74 Å². The number of amides is 2. The Hall–Kier alpha value is -2.86. The standard InChI is InChI=1S/C21H24N2O4/c1-27-15-20(25)22-10-5-11-23(13-12-22)21(26)17-7-4-6-16(14-17)18-8-2-3-9-19(18)24/h2-4,6-9,14,24H,5,10-13,15H2,1H3. The van der Waals surface area contributed by atoms with E-state index in [1.165, 1.54) is 7.11 Å². The highest BCUT2D eigenvalue weighted by molar-refractivity contribution is 5.95. The summed E-state index contributed by atoms with van der Waals surface area (Å²) in [6, 6.07) is 14.3. The minimum Gasteiger partial charge on any atom is -0.507 e. The molecule has 0 atom stereocenters. The lowest BCUT2D eigenvalue weighted by atomic mass is 10.0. The van der Waals surface area contributed by atoms with Gasteiger partial charge in [-0.2, -0.15) is 0 Å². The van der Waals surface area contributed by atoms with Gasteiger partial charge in [0.2, 0.25) is 5.91 Å². The number of phenols is 1. The number of hydrogen-bond donors (Lipinski definition) is 1. The summed E-state index contributed by atoms with van der Waals surface area (Å²) in [5.41, 5.74) is 2.07. The Morgan fingerprint density at radius 2 is 1.74 bits per heavy atom.